The van der Waals surface area contributed by atoms with Gasteiger partial charge in [0.05, 0.1) is 0 Å². The van der Waals surface area contributed by atoms with Gasteiger partial charge in [-0.3, -0.25) is 19.2 Å². The summed E-state index contributed by atoms with van der Waals surface area (Å²) in [5.74, 6) is -1.92. The topological polar surface area (TPSA) is 126 Å². The summed E-state index contributed by atoms with van der Waals surface area (Å²) in [5.41, 5.74) is 1.01. The summed E-state index contributed by atoms with van der Waals surface area (Å²) in [4.78, 5) is 46.7. The lowest BCUT2D eigenvalue weighted by Crippen LogP contribution is -2.67. The van der Waals surface area contributed by atoms with Gasteiger partial charge in [-0.25, -0.2) is 0 Å². The molecule has 1 heterocycles. The Balaban J connectivity index is 2.43. The molecule has 5 atom stereocenters. The lowest BCUT2D eigenvalue weighted by molar-refractivity contribution is -0.257. The fourth-order valence-corrected chi connectivity index (χ4v) is 3.14. The lowest BCUT2D eigenvalue weighted by atomic mass is 9.96. The van der Waals surface area contributed by atoms with Crippen molar-refractivity contribution < 1.29 is 42.9 Å². The molecule has 1 fully saturated rings. The third-order valence-electron chi connectivity index (χ3n) is 4.34. The molecule has 10 nitrogen and oxygen atoms in total. The van der Waals surface area contributed by atoms with Crippen LogP contribution >= 0.6 is 0 Å². The van der Waals surface area contributed by atoms with Crippen LogP contribution in [-0.4, -0.2) is 61.1 Å². The summed E-state index contributed by atoms with van der Waals surface area (Å²) >= 11 is 0. The van der Waals surface area contributed by atoms with Crippen LogP contribution in [0.4, 0.5) is 0 Å². The molecule has 0 spiro atoms. The molecule has 1 aromatic carbocycles. The smallest absolute Gasteiger partial charge is 0.303 e. The Kier molecular flexibility index (Phi) is 8.38. The molecule has 10 heteroatoms. The van der Waals surface area contributed by atoms with Crippen LogP contribution in [0.15, 0.2) is 24.3 Å². The highest BCUT2D eigenvalue weighted by atomic mass is 16.7. The number of hydrogen-bond donors (Lipinski definition) is 1. The number of esters is 3. The van der Waals surface area contributed by atoms with Crippen LogP contribution in [0.25, 0.3) is 0 Å². The van der Waals surface area contributed by atoms with E-state index in [1.807, 2.05) is 19.1 Å². The molecule has 1 N–H and O–H groups in total. The van der Waals surface area contributed by atoms with Crippen molar-refractivity contribution in [2.45, 2.75) is 65.3 Å². The summed E-state index contributed by atoms with van der Waals surface area (Å²) < 4.78 is 27.6. The van der Waals surface area contributed by atoms with Crippen LogP contribution in [-0.2, 0) is 38.1 Å². The summed E-state index contributed by atoms with van der Waals surface area (Å²) in [7, 11) is 0. The van der Waals surface area contributed by atoms with Gasteiger partial charge in [-0.05, 0) is 19.1 Å². The van der Waals surface area contributed by atoms with E-state index in [0.29, 0.717) is 5.75 Å². The van der Waals surface area contributed by atoms with Crippen molar-refractivity contribution in [3.8, 4) is 5.75 Å². The summed E-state index contributed by atoms with van der Waals surface area (Å²) in [6.45, 7) is 6.48. The summed E-state index contributed by atoms with van der Waals surface area (Å²) in [6.07, 6.45) is -4.47. The Morgan fingerprint density at radius 3 is 2.00 bits per heavy atom. The predicted molar refractivity (Wildman–Crippen MR) is 106 cm³/mol. The molecule has 0 saturated carbocycles. The number of aryl methyl sites for hydroxylation is 1. The molecule has 0 bridgehead atoms. The number of nitrogens with one attached hydrogen (secondary N) is 1. The van der Waals surface area contributed by atoms with Gasteiger partial charge in [0.1, 0.15) is 24.5 Å². The highest BCUT2D eigenvalue weighted by molar-refractivity contribution is 5.73. The molecule has 4 unspecified atom stereocenters. The Bertz CT molecular complexity index is 808. The molecular formula is C21H27NO9. The van der Waals surface area contributed by atoms with Gasteiger partial charge in [0.2, 0.25) is 12.2 Å². The number of rotatable bonds is 7. The normalized spacial score (nSPS) is 25.1. The number of ether oxygens (including phenoxy) is 5. The standard InChI is InChI=1S/C21H27NO9/c1-11-6-8-16(9-7-11)30-21-18(22-12(2)23)20(29-15(5)26)19(28-14(4)25)17(31-21)10-27-13(3)24/h6-9,17-21H,10H2,1-5H3,(H,22,23)/t17?,18?,19?,20?,21-/m1/s1. The van der Waals surface area contributed by atoms with Crippen LogP contribution in [0.3, 0.4) is 0 Å². The lowest BCUT2D eigenvalue weighted by Gasteiger charge is -2.44. The van der Waals surface area contributed by atoms with Crippen LogP contribution in [0.5, 0.6) is 5.75 Å². The molecule has 1 saturated heterocycles. The predicted octanol–water partition coefficient (Wildman–Crippen LogP) is 1.03. The maximum Gasteiger partial charge on any atom is 0.303 e. The van der Waals surface area contributed by atoms with E-state index in [4.69, 9.17) is 23.7 Å². The quantitative estimate of drug-likeness (QED) is 0.491. The van der Waals surface area contributed by atoms with Crippen LogP contribution in [0.1, 0.15) is 33.3 Å². The molecule has 1 aliphatic heterocycles. The zero-order valence-electron chi connectivity index (χ0n) is 18.1. The van der Waals surface area contributed by atoms with Gasteiger partial charge in [-0.1, -0.05) is 17.7 Å². The van der Waals surface area contributed by atoms with E-state index in [0.717, 1.165) is 5.56 Å². The van der Waals surface area contributed by atoms with Gasteiger partial charge in [0.15, 0.2) is 12.2 Å². The molecule has 0 radical (unpaired) electrons. The first-order valence-corrected chi connectivity index (χ1v) is 9.70. The van der Waals surface area contributed by atoms with Crippen molar-refractivity contribution in [3.63, 3.8) is 0 Å². The molecule has 1 aromatic rings. The maximum atomic E-state index is 11.9. The van der Waals surface area contributed by atoms with Crippen molar-refractivity contribution in [2.24, 2.45) is 0 Å². The second kappa shape index (κ2) is 10.8. The summed E-state index contributed by atoms with van der Waals surface area (Å²) in [6, 6.07) is 6.06. The van der Waals surface area contributed by atoms with Gasteiger partial charge >= 0.3 is 17.9 Å². The van der Waals surface area contributed by atoms with E-state index in [2.05, 4.69) is 5.32 Å². The largest absolute Gasteiger partial charge is 0.463 e. The first kappa shape index (κ1) is 24.1. The Morgan fingerprint density at radius 2 is 1.48 bits per heavy atom. The SMILES string of the molecule is CC(=O)NC1C(OC(C)=O)C(OC(C)=O)C(COC(C)=O)O[C@H]1Oc1ccc(C)cc1. The number of carbonyl (C=O) groups is 4. The van der Waals surface area contributed by atoms with E-state index in [-0.39, 0.29) is 6.61 Å². The van der Waals surface area contributed by atoms with Gasteiger partial charge in [-0.15, -0.1) is 0 Å². The highest BCUT2D eigenvalue weighted by Crippen LogP contribution is 2.29. The van der Waals surface area contributed by atoms with Crippen molar-refractivity contribution in [1.29, 1.82) is 0 Å². The van der Waals surface area contributed by atoms with E-state index in [9.17, 15) is 19.2 Å². The van der Waals surface area contributed by atoms with Crippen molar-refractivity contribution >= 4 is 23.8 Å². The van der Waals surface area contributed by atoms with E-state index < -0.39 is 54.5 Å². The van der Waals surface area contributed by atoms with Crippen LogP contribution in [0, 0.1) is 6.92 Å². The van der Waals surface area contributed by atoms with Crippen molar-refractivity contribution in [3.05, 3.63) is 29.8 Å². The van der Waals surface area contributed by atoms with Crippen molar-refractivity contribution in [2.75, 3.05) is 6.61 Å². The minimum atomic E-state index is -1.16. The van der Waals surface area contributed by atoms with E-state index in [1.165, 1.54) is 27.7 Å². The first-order chi connectivity index (χ1) is 14.6. The van der Waals surface area contributed by atoms with Gasteiger partial charge < -0.3 is 29.0 Å². The van der Waals surface area contributed by atoms with Crippen LogP contribution in [0.2, 0.25) is 0 Å². The molecule has 1 amide bonds. The minimum Gasteiger partial charge on any atom is -0.463 e. The molecule has 2 rings (SSSR count). The Labute approximate surface area is 180 Å². The van der Waals surface area contributed by atoms with Gasteiger partial charge in [-0.2, -0.15) is 0 Å². The van der Waals surface area contributed by atoms with Crippen molar-refractivity contribution in [1.82, 2.24) is 5.32 Å². The second-order valence-electron chi connectivity index (χ2n) is 7.15. The highest BCUT2D eigenvalue weighted by Gasteiger charge is 2.51. The minimum absolute atomic E-state index is 0.286. The fraction of sp³-hybridized carbons (Fsp3) is 0.524. The van der Waals surface area contributed by atoms with E-state index >= 15 is 0 Å². The molecular weight excluding hydrogens is 410 g/mol. The number of benzene rings is 1. The fourth-order valence-electron chi connectivity index (χ4n) is 3.14. The molecule has 0 aromatic heterocycles. The summed E-state index contributed by atoms with van der Waals surface area (Å²) in [5, 5.41) is 2.64. The number of carbonyl (C=O) groups excluding carboxylic acids is 4. The third kappa shape index (κ3) is 7.25. The van der Waals surface area contributed by atoms with Crippen LogP contribution < -0.4 is 10.1 Å². The molecule has 170 valence electrons. The Hall–Kier alpha value is -3.14. The monoisotopic (exact) mass is 437 g/mol. The zero-order valence-corrected chi connectivity index (χ0v) is 18.1. The number of amides is 1. The first-order valence-electron chi connectivity index (χ1n) is 9.70. The van der Waals surface area contributed by atoms with Gasteiger partial charge in [0.25, 0.3) is 0 Å². The molecule has 1 aliphatic rings. The second-order valence-corrected chi connectivity index (χ2v) is 7.15. The molecule has 0 aliphatic carbocycles. The average Bonchev–Trinajstić information content (AvgIpc) is 2.65. The van der Waals surface area contributed by atoms with E-state index in [1.54, 1.807) is 12.1 Å². The Morgan fingerprint density at radius 1 is 0.903 bits per heavy atom. The zero-order chi connectivity index (χ0) is 23.1. The third-order valence-corrected chi connectivity index (χ3v) is 4.34. The molecule has 31 heavy (non-hydrogen) atoms. The number of hydrogen-bond acceptors (Lipinski definition) is 9. The van der Waals surface area contributed by atoms with Gasteiger partial charge in [0, 0.05) is 27.7 Å². The maximum absolute atomic E-state index is 11.9. The average molecular weight is 437 g/mol.